The third-order valence-corrected chi connectivity index (χ3v) is 9.43. The fourth-order valence-corrected chi connectivity index (χ4v) is 7.25. The average Bonchev–Trinajstić information content (AvgIpc) is 3.10. The Balaban J connectivity index is 1.29. The van der Waals surface area contributed by atoms with Crippen molar-refractivity contribution in [3.05, 3.63) is 156 Å². The number of hydrogen-bond donors (Lipinski definition) is 0. The van der Waals surface area contributed by atoms with Crippen LogP contribution in [0.2, 0.25) is 0 Å². The van der Waals surface area contributed by atoms with E-state index in [1.165, 1.54) is 86.9 Å². The molecule has 0 spiro atoms. The number of fused-ring (bicyclic) bond motifs is 7. The van der Waals surface area contributed by atoms with Crippen molar-refractivity contribution < 1.29 is 0 Å². The maximum atomic E-state index is 2.46. The van der Waals surface area contributed by atoms with Crippen LogP contribution in [0.1, 0.15) is 12.8 Å². The van der Waals surface area contributed by atoms with Crippen LogP contribution in [0.3, 0.4) is 0 Å². The van der Waals surface area contributed by atoms with Crippen molar-refractivity contribution in [3.63, 3.8) is 0 Å². The van der Waals surface area contributed by atoms with E-state index < -0.39 is 0 Å². The fourth-order valence-electron chi connectivity index (χ4n) is 7.25. The fraction of sp³-hybridized carbons (Fsp3) is 0.0455. The second-order valence-electron chi connectivity index (χ2n) is 12.0. The molecule has 0 radical (unpaired) electrons. The van der Waals surface area contributed by atoms with Crippen molar-refractivity contribution in [1.82, 2.24) is 0 Å². The molecular weight excluding hydrogens is 528 g/mol. The van der Waals surface area contributed by atoms with E-state index in [2.05, 4.69) is 158 Å². The zero-order valence-electron chi connectivity index (χ0n) is 24.4. The summed E-state index contributed by atoms with van der Waals surface area (Å²) in [5, 5.41) is 13.1. The summed E-state index contributed by atoms with van der Waals surface area (Å²) in [7, 11) is 0. The summed E-state index contributed by atoms with van der Waals surface area (Å²) >= 11 is 0. The van der Waals surface area contributed by atoms with Gasteiger partial charge in [0.2, 0.25) is 0 Å². The Hall–Kier alpha value is -5.46. The summed E-state index contributed by atoms with van der Waals surface area (Å²) in [6.45, 7) is 0. The maximum absolute atomic E-state index is 2.46. The monoisotopic (exact) mass is 558 g/mol. The number of hydrogen-bond acceptors (Lipinski definition) is 0. The maximum Gasteiger partial charge on any atom is -0.00925 e. The van der Waals surface area contributed by atoms with Crippen molar-refractivity contribution in [2.24, 2.45) is 0 Å². The van der Waals surface area contributed by atoms with Crippen molar-refractivity contribution in [3.8, 4) is 33.4 Å². The van der Waals surface area contributed by atoms with E-state index in [1.54, 1.807) is 0 Å². The first-order valence-corrected chi connectivity index (χ1v) is 15.6. The van der Waals surface area contributed by atoms with Gasteiger partial charge in [-0.25, -0.2) is 0 Å². The van der Waals surface area contributed by atoms with E-state index in [4.69, 9.17) is 0 Å². The highest BCUT2D eigenvalue weighted by Crippen LogP contribution is 2.37. The van der Waals surface area contributed by atoms with Crippen LogP contribution >= 0.6 is 0 Å². The van der Waals surface area contributed by atoms with Crippen LogP contribution in [-0.2, 0) is 0 Å². The van der Waals surface area contributed by atoms with Crippen LogP contribution in [0, 0.1) is 0 Å². The zero-order valence-corrected chi connectivity index (χ0v) is 24.4. The van der Waals surface area contributed by atoms with Gasteiger partial charge in [-0.2, -0.15) is 0 Å². The van der Waals surface area contributed by atoms with Gasteiger partial charge in [0.05, 0.1) is 0 Å². The Labute approximate surface area is 256 Å². The molecule has 0 atom stereocenters. The van der Waals surface area contributed by atoms with Crippen LogP contribution in [-0.4, -0.2) is 0 Å². The first kappa shape index (κ1) is 25.1. The lowest BCUT2D eigenvalue weighted by Gasteiger charge is -2.17. The molecule has 44 heavy (non-hydrogen) atoms. The van der Waals surface area contributed by atoms with Gasteiger partial charge in [0, 0.05) is 0 Å². The molecule has 0 heteroatoms. The van der Waals surface area contributed by atoms with E-state index in [1.807, 2.05) is 0 Å². The molecule has 0 aliphatic heterocycles. The highest BCUT2D eigenvalue weighted by atomic mass is 14.2. The van der Waals surface area contributed by atoms with Crippen LogP contribution in [0.15, 0.2) is 146 Å². The van der Waals surface area contributed by atoms with E-state index in [-0.39, 0.29) is 0 Å². The van der Waals surface area contributed by atoms with Gasteiger partial charge in [0.15, 0.2) is 0 Å². The molecule has 0 fully saturated rings. The molecule has 0 heterocycles. The van der Waals surface area contributed by atoms with Gasteiger partial charge in [-0.1, -0.05) is 127 Å². The van der Waals surface area contributed by atoms with E-state index >= 15 is 0 Å². The van der Waals surface area contributed by atoms with Gasteiger partial charge in [-0.05, 0) is 130 Å². The molecule has 0 unspecified atom stereocenters. The molecule has 0 saturated heterocycles. The lowest BCUT2D eigenvalue weighted by atomic mass is 9.87. The molecule has 9 rings (SSSR count). The first-order valence-electron chi connectivity index (χ1n) is 15.6. The predicted molar refractivity (Wildman–Crippen MR) is 190 cm³/mol. The molecule has 0 aromatic heterocycles. The van der Waals surface area contributed by atoms with Crippen molar-refractivity contribution in [2.45, 2.75) is 12.8 Å². The summed E-state index contributed by atoms with van der Waals surface area (Å²) in [6.07, 6.45) is 7.07. The molecule has 0 saturated carbocycles. The van der Waals surface area contributed by atoms with Gasteiger partial charge in [0.25, 0.3) is 0 Å². The van der Waals surface area contributed by atoms with Gasteiger partial charge >= 0.3 is 0 Å². The molecule has 1 aliphatic carbocycles. The van der Waals surface area contributed by atoms with Crippen molar-refractivity contribution >= 4 is 55.2 Å². The largest absolute Gasteiger partial charge is 0.0757 e. The Morgan fingerprint density at radius 1 is 0.295 bits per heavy atom. The average molecular weight is 559 g/mol. The van der Waals surface area contributed by atoms with Crippen molar-refractivity contribution in [1.29, 1.82) is 0 Å². The molecule has 8 aromatic carbocycles. The predicted octanol–water partition coefficient (Wildman–Crippen LogP) is 10.7. The standard InChI is InChI=1S/C44H30/c1-3-12-31-24-34(22-20-29(31)10-1)33-14-9-15-35(26-33)41-27-43-40-19-8-6-17-38(40)42(28-44(43)39-18-7-5-16-37(39)41)36-23-21-30-11-2-4-13-32(30)25-36/h1-5,7,9-28H,6,8H2. The minimum atomic E-state index is 1.07. The Bertz CT molecular complexity index is 2550. The van der Waals surface area contributed by atoms with E-state index in [9.17, 15) is 0 Å². The SMILES string of the molecule is C1=c2c(-c3ccc4ccccc4c3)cc3c(cc(-c4cccc(-c5ccc6ccccc6c5)c4)c4ccccc43)c2=CCC1. The quantitative estimate of drug-likeness (QED) is 0.189. The highest BCUT2D eigenvalue weighted by Gasteiger charge is 2.15. The lowest BCUT2D eigenvalue weighted by Crippen LogP contribution is -2.29. The first-order chi connectivity index (χ1) is 21.8. The molecular formula is C44H30. The molecule has 1 aliphatic rings. The third-order valence-electron chi connectivity index (χ3n) is 9.43. The summed E-state index contributed by atoms with van der Waals surface area (Å²) < 4.78 is 0. The highest BCUT2D eigenvalue weighted by molar-refractivity contribution is 6.15. The Morgan fingerprint density at radius 3 is 1.61 bits per heavy atom. The Kier molecular flexibility index (Phi) is 5.74. The molecule has 0 bridgehead atoms. The van der Waals surface area contributed by atoms with Gasteiger partial charge in [-0.3, -0.25) is 0 Å². The van der Waals surface area contributed by atoms with E-state index in [0.717, 1.165) is 12.8 Å². The van der Waals surface area contributed by atoms with Crippen LogP contribution < -0.4 is 10.4 Å². The minimum Gasteiger partial charge on any atom is -0.0757 e. The van der Waals surface area contributed by atoms with Crippen LogP contribution in [0.25, 0.3) is 88.6 Å². The summed E-state index contributed by atoms with van der Waals surface area (Å²) in [4.78, 5) is 0. The summed E-state index contributed by atoms with van der Waals surface area (Å²) in [5.74, 6) is 0. The van der Waals surface area contributed by atoms with Gasteiger partial charge in [-0.15, -0.1) is 0 Å². The molecule has 8 aromatic rings. The zero-order chi connectivity index (χ0) is 29.0. The van der Waals surface area contributed by atoms with Gasteiger partial charge < -0.3 is 0 Å². The minimum absolute atomic E-state index is 1.07. The molecule has 0 nitrogen and oxygen atoms in total. The normalized spacial score (nSPS) is 12.7. The van der Waals surface area contributed by atoms with Crippen LogP contribution in [0.4, 0.5) is 0 Å². The third kappa shape index (κ3) is 4.07. The topological polar surface area (TPSA) is 0 Å². The number of benzene rings is 8. The smallest absolute Gasteiger partial charge is 0.00925 e. The molecule has 0 amide bonds. The van der Waals surface area contributed by atoms with E-state index in [0.29, 0.717) is 0 Å². The van der Waals surface area contributed by atoms with Crippen LogP contribution in [0.5, 0.6) is 0 Å². The van der Waals surface area contributed by atoms with Gasteiger partial charge in [0.1, 0.15) is 0 Å². The second-order valence-corrected chi connectivity index (χ2v) is 12.0. The molecule has 206 valence electrons. The lowest BCUT2D eigenvalue weighted by molar-refractivity contribution is 1.12. The summed E-state index contributed by atoms with van der Waals surface area (Å²) in [6, 6.07) is 53.9. The van der Waals surface area contributed by atoms with Crippen molar-refractivity contribution in [2.75, 3.05) is 0 Å². The number of rotatable bonds is 3. The Morgan fingerprint density at radius 2 is 0.841 bits per heavy atom. The second kappa shape index (κ2) is 10.1. The summed E-state index contributed by atoms with van der Waals surface area (Å²) in [5.41, 5.74) is 7.63. The molecule has 0 N–H and O–H groups in total.